The number of benzene rings is 1. The highest BCUT2D eigenvalue weighted by molar-refractivity contribution is 6.31. The van der Waals surface area contributed by atoms with Crippen molar-refractivity contribution in [2.45, 2.75) is 52.1 Å². The Hall–Kier alpha value is -0.600. The Balaban J connectivity index is 1.98. The zero-order chi connectivity index (χ0) is 14.0. The summed E-state index contributed by atoms with van der Waals surface area (Å²) in [6.45, 7) is 4.55. The monoisotopic (exact) mass is 284 g/mol. The summed E-state index contributed by atoms with van der Waals surface area (Å²) < 4.78 is 13.4. The second-order valence-electron chi connectivity index (χ2n) is 6.49. The molecule has 0 aliphatic heterocycles. The Bertz CT molecular complexity index is 434. The highest BCUT2D eigenvalue weighted by atomic mass is 35.5. The van der Waals surface area contributed by atoms with Crippen LogP contribution in [0.4, 0.5) is 4.39 Å². The molecular weight excluding hydrogens is 263 g/mol. The quantitative estimate of drug-likeness (QED) is 0.860. The minimum absolute atomic E-state index is 0.151. The number of hydrogen-bond acceptors (Lipinski definition) is 1. The fraction of sp³-hybridized carbons (Fsp3) is 0.625. The minimum atomic E-state index is -0.421. The molecule has 1 aromatic rings. The van der Waals surface area contributed by atoms with E-state index in [-0.39, 0.29) is 5.02 Å². The topological polar surface area (TPSA) is 20.2 Å². The van der Waals surface area contributed by atoms with E-state index >= 15 is 0 Å². The maximum absolute atomic E-state index is 13.4. The molecule has 3 heteroatoms. The Morgan fingerprint density at radius 3 is 2.63 bits per heavy atom. The van der Waals surface area contributed by atoms with Gasteiger partial charge in [-0.15, -0.1) is 0 Å². The van der Waals surface area contributed by atoms with Crippen LogP contribution in [0.2, 0.25) is 5.02 Å². The van der Waals surface area contributed by atoms with Crippen LogP contribution in [0.5, 0.6) is 0 Å². The molecule has 106 valence electrons. The van der Waals surface area contributed by atoms with E-state index < -0.39 is 11.9 Å². The van der Waals surface area contributed by atoms with Crippen molar-refractivity contribution in [2.75, 3.05) is 0 Å². The minimum Gasteiger partial charge on any atom is -0.392 e. The summed E-state index contributed by atoms with van der Waals surface area (Å²) in [5.74, 6) is -0.0940. The third-order valence-electron chi connectivity index (χ3n) is 4.39. The number of rotatable bonds is 3. The molecule has 0 aromatic heterocycles. The summed E-state index contributed by atoms with van der Waals surface area (Å²) in [5.41, 5.74) is 1.10. The third kappa shape index (κ3) is 3.70. The molecule has 1 saturated carbocycles. The summed E-state index contributed by atoms with van der Waals surface area (Å²) in [6.07, 6.45) is 4.40. The van der Waals surface area contributed by atoms with Crippen molar-refractivity contribution in [3.05, 3.63) is 34.6 Å². The molecule has 1 N–H and O–H groups in total. The average Bonchev–Trinajstić information content (AvgIpc) is 2.35. The van der Waals surface area contributed by atoms with Gasteiger partial charge in [-0.2, -0.15) is 0 Å². The largest absolute Gasteiger partial charge is 0.392 e. The molecule has 19 heavy (non-hydrogen) atoms. The van der Waals surface area contributed by atoms with Gasteiger partial charge in [-0.3, -0.25) is 0 Å². The SMILES string of the molecule is CC1(C)CCC(C(O)Cc2cccc(F)c2Cl)CC1. The highest BCUT2D eigenvalue weighted by Gasteiger charge is 2.30. The fourth-order valence-corrected chi connectivity index (χ4v) is 3.11. The molecule has 1 unspecified atom stereocenters. The van der Waals surface area contributed by atoms with E-state index in [1.807, 2.05) is 0 Å². The summed E-state index contributed by atoms with van der Waals surface area (Å²) in [6, 6.07) is 4.79. The Labute approximate surface area is 119 Å². The molecular formula is C16H22ClFO. The van der Waals surface area contributed by atoms with Crippen LogP contribution >= 0.6 is 11.6 Å². The average molecular weight is 285 g/mol. The zero-order valence-corrected chi connectivity index (χ0v) is 12.4. The van der Waals surface area contributed by atoms with Gasteiger partial charge < -0.3 is 5.11 Å². The molecule has 1 aliphatic rings. The van der Waals surface area contributed by atoms with Crippen molar-refractivity contribution in [1.82, 2.24) is 0 Å². The fourth-order valence-electron chi connectivity index (χ4n) is 2.90. The van der Waals surface area contributed by atoms with E-state index in [4.69, 9.17) is 11.6 Å². The first-order valence-electron chi connectivity index (χ1n) is 7.00. The van der Waals surface area contributed by atoms with E-state index in [1.54, 1.807) is 12.1 Å². The smallest absolute Gasteiger partial charge is 0.142 e. The standard InChI is InChI=1S/C16H22ClFO/c1-16(2)8-6-11(7-9-16)14(19)10-12-4-3-5-13(18)15(12)17/h3-5,11,14,19H,6-10H2,1-2H3. The van der Waals surface area contributed by atoms with Crippen molar-refractivity contribution in [2.24, 2.45) is 11.3 Å². The number of aliphatic hydroxyl groups is 1. The van der Waals surface area contributed by atoms with E-state index in [0.717, 1.165) is 25.7 Å². The third-order valence-corrected chi connectivity index (χ3v) is 4.81. The molecule has 1 aromatic carbocycles. The predicted molar refractivity (Wildman–Crippen MR) is 76.9 cm³/mol. The lowest BCUT2D eigenvalue weighted by molar-refractivity contribution is 0.0576. The van der Waals surface area contributed by atoms with Crippen LogP contribution in [-0.4, -0.2) is 11.2 Å². The van der Waals surface area contributed by atoms with Crippen LogP contribution < -0.4 is 0 Å². The molecule has 0 radical (unpaired) electrons. The van der Waals surface area contributed by atoms with E-state index in [2.05, 4.69) is 13.8 Å². The van der Waals surface area contributed by atoms with Crippen molar-refractivity contribution in [3.63, 3.8) is 0 Å². The lowest BCUT2D eigenvalue weighted by Crippen LogP contribution is -2.30. The Kier molecular flexibility index (Phi) is 4.52. The summed E-state index contributed by atoms with van der Waals surface area (Å²) in [7, 11) is 0. The van der Waals surface area contributed by atoms with Crippen LogP contribution in [0.3, 0.4) is 0 Å². The van der Waals surface area contributed by atoms with E-state index in [1.165, 1.54) is 6.07 Å². The first-order valence-corrected chi connectivity index (χ1v) is 7.38. The molecule has 1 aliphatic carbocycles. The normalized spacial score (nSPS) is 21.3. The van der Waals surface area contributed by atoms with Gasteiger partial charge in [-0.05, 0) is 48.6 Å². The molecule has 2 rings (SSSR count). The lowest BCUT2D eigenvalue weighted by atomic mass is 9.71. The number of halogens is 2. The van der Waals surface area contributed by atoms with E-state index in [9.17, 15) is 9.50 Å². The summed E-state index contributed by atoms with van der Waals surface area (Å²) in [4.78, 5) is 0. The van der Waals surface area contributed by atoms with Gasteiger partial charge in [0.05, 0.1) is 11.1 Å². The predicted octanol–water partition coefficient (Wildman–Crippen LogP) is 4.60. The van der Waals surface area contributed by atoms with Crippen LogP contribution in [0, 0.1) is 17.2 Å². The Morgan fingerprint density at radius 1 is 1.37 bits per heavy atom. The molecule has 1 atom stereocenters. The molecule has 1 nitrogen and oxygen atoms in total. The first kappa shape index (κ1) is 14.8. The maximum Gasteiger partial charge on any atom is 0.142 e. The zero-order valence-electron chi connectivity index (χ0n) is 11.6. The molecule has 0 bridgehead atoms. The molecule has 0 spiro atoms. The first-order chi connectivity index (χ1) is 8.89. The number of hydrogen-bond donors (Lipinski definition) is 1. The molecule has 0 heterocycles. The maximum atomic E-state index is 13.4. The second kappa shape index (κ2) is 5.80. The highest BCUT2D eigenvalue weighted by Crippen LogP contribution is 2.39. The van der Waals surface area contributed by atoms with Gasteiger partial charge in [-0.25, -0.2) is 4.39 Å². The summed E-state index contributed by atoms with van der Waals surface area (Å²) >= 11 is 5.94. The van der Waals surface area contributed by atoms with Gasteiger partial charge in [0.25, 0.3) is 0 Å². The molecule has 0 amide bonds. The van der Waals surface area contributed by atoms with Crippen molar-refractivity contribution in [1.29, 1.82) is 0 Å². The van der Waals surface area contributed by atoms with E-state index in [0.29, 0.717) is 23.3 Å². The molecule has 0 saturated heterocycles. The van der Waals surface area contributed by atoms with Gasteiger partial charge in [0.15, 0.2) is 0 Å². The van der Waals surface area contributed by atoms with Crippen molar-refractivity contribution >= 4 is 11.6 Å². The van der Waals surface area contributed by atoms with Crippen LogP contribution in [0.25, 0.3) is 0 Å². The van der Waals surface area contributed by atoms with Crippen LogP contribution in [0.15, 0.2) is 18.2 Å². The van der Waals surface area contributed by atoms with Crippen LogP contribution in [0.1, 0.15) is 45.1 Å². The van der Waals surface area contributed by atoms with Gasteiger partial charge in [0.2, 0.25) is 0 Å². The molecule has 1 fully saturated rings. The second-order valence-corrected chi connectivity index (χ2v) is 6.86. The summed E-state index contributed by atoms with van der Waals surface area (Å²) in [5, 5.41) is 10.5. The Morgan fingerprint density at radius 2 is 2.00 bits per heavy atom. The van der Waals surface area contributed by atoms with Crippen LogP contribution in [-0.2, 0) is 6.42 Å². The van der Waals surface area contributed by atoms with Gasteiger partial charge >= 0.3 is 0 Å². The van der Waals surface area contributed by atoms with Gasteiger partial charge in [-0.1, -0.05) is 37.6 Å². The lowest BCUT2D eigenvalue weighted by Gasteiger charge is -2.36. The van der Waals surface area contributed by atoms with Gasteiger partial charge in [0, 0.05) is 6.42 Å². The van der Waals surface area contributed by atoms with Crippen molar-refractivity contribution in [3.8, 4) is 0 Å². The van der Waals surface area contributed by atoms with Gasteiger partial charge in [0.1, 0.15) is 5.82 Å². The number of aliphatic hydroxyl groups excluding tert-OH is 1. The van der Waals surface area contributed by atoms with Crippen molar-refractivity contribution < 1.29 is 9.50 Å².